The second-order valence-electron chi connectivity index (χ2n) is 8.45. The van der Waals surface area contributed by atoms with E-state index in [0.717, 1.165) is 43.7 Å². The van der Waals surface area contributed by atoms with Crippen molar-refractivity contribution in [3.8, 4) is 0 Å². The number of aromatic amines is 1. The molecular weight excluding hydrogens is 411 g/mol. The zero-order valence-electron chi connectivity index (χ0n) is 18.7. The van der Waals surface area contributed by atoms with Crippen LogP contribution in [0, 0.1) is 19.7 Å². The number of amides is 2. The normalized spacial score (nSPS) is 18.1. The summed E-state index contributed by atoms with van der Waals surface area (Å²) in [6.07, 6.45) is 3.49. The van der Waals surface area contributed by atoms with Crippen LogP contribution in [-0.4, -0.2) is 61.1 Å². The fourth-order valence-electron chi connectivity index (χ4n) is 4.49. The molecule has 0 saturated carbocycles. The first kappa shape index (κ1) is 22.2. The molecule has 3 N–H and O–H groups in total. The van der Waals surface area contributed by atoms with Gasteiger partial charge in [0.15, 0.2) is 0 Å². The monoisotopic (exact) mass is 440 g/mol. The molecule has 1 aromatic heterocycles. The molecule has 1 fully saturated rings. The van der Waals surface area contributed by atoms with Crippen molar-refractivity contribution in [2.45, 2.75) is 32.7 Å². The smallest absolute Gasteiger partial charge is 0.256 e. The van der Waals surface area contributed by atoms with E-state index in [1.807, 2.05) is 13.8 Å². The van der Waals surface area contributed by atoms with E-state index in [1.165, 1.54) is 12.1 Å². The zero-order valence-corrected chi connectivity index (χ0v) is 18.7. The first-order chi connectivity index (χ1) is 15.4. The average molecular weight is 441 g/mol. The van der Waals surface area contributed by atoms with Crippen molar-refractivity contribution in [1.29, 1.82) is 0 Å². The molecule has 8 heteroatoms. The summed E-state index contributed by atoms with van der Waals surface area (Å²) in [4.78, 5) is 31.0. The second-order valence-corrected chi connectivity index (χ2v) is 8.45. The third kappa shape index (κ3) is 4.47. The number of nitrogens with one attached hydrogen (secondary N) is 3. The van der Waals surface area contributed by atoms with Gasteiger partial charge >= 0.3 is 0 Å². The van der Waals surface area contributed by atoms with Gasteiger partial charge in [-0.1, -0.05) is 0 Å². The van der Waals surface area contributed by atoms with Crippen molar-refractivity contribution in [2.24, 2.45) is 0 Å². The van der Waals surface area contributed by atoms with E-state index in [4.69, 9.17) is 4.74 Å². The number of fused-ring (bicyclic) bond motifs is 1. The van der Waals surface area contributed by atoms with E-state index in [2.05, 4.69) is 20.5 Å². The van der Waals surface area contributed by atoms with Crippen molar-refractivity contribution in [2.75, 3.05) is 38.7 Å². The SMILES string of the molecule is COCCN1CCC(NC(=O)c2c(C)[nH]c(C=C3C(=O)Nc4ccc(F)cc43)c2C)CC1. The Morgan fingerprint density at radius 2 is 2.06 bits per heavy atom. The number of carbonyl (C=O) groups excluding carboxylic acids is 2. The summed E-state index contributed by atoms with van der Waals surface area (Å²) in [6, 6.07) is 4.34. The van der Waals surface area contributed by atoms with Crippen LogP contribution in [0.4, 0.5) is 10.1 Å². The van der Waals surface area contributed by atoms with Crippen LogP contribution >= 0.6 is 0 Å². The minimum absolute atomic E-state index is 0.112. The number of ether oxygens (including phenoxy) is 1. The lowest BCUT2D eigenvalue weighted by atomic mass is 10.0. The Morgan fingerprint density at radius 1 is 1.31 bits per heavy atom. The molecule has 2 amide bonds. The van der Waals surface area contributed by atoms with E-state index in [1.54, 1.807) is 19.3 Å². The number of halogens is 1. The molecule has 0 bridgehead atoms. The Morgan fingerprint density at radius 3 is 2.78 bits per heavy atom. The van der Waals surface area contributed by atoms with Crippen LogP contribution in [0.15, 0.2) is 18.2 Å². The van der Waals surface area contributed by atoms with Crippen LogP contribution in [-0.2, 0) is 9.53 Å². The van der Waals surface area contributed by atoms with Gasteiger partial charge in [0, 0.05) is 55.4 Å². The molecule has 2 aliphatic rings. The van der Waals surface area contributed by atoms with Crippen LogP contribution in [0.1, 0.15) is 45.7 Å². The predicted molar refractivity (Wildman–Crippen MR) is 122 cm³/mol. The van der Waals surface area contributed by atoms with Gasteiger partial charge in [-0.15, -0.1) is 0 Å². The number of hydrogen-bond donors (Lipinski definition) is 3. The number of aryl methyl sites for hydroxylation is 1. The lowest BCUT2D eigenvalue weighted by Crippen LogP contribution is -2.45. The average Bonchev–Trinajstić information content (AvgIpc) is 3.22. The molecule has 0 aliphatic carbocycles. The summed E-state index contributed by atoms with van der Waals surface area (Å²) in [5.41, 5.74) is 4.25. The van der Waals surface area contributed by atoms with Crippen LogP contribution < -0.4 is 10.6 Å². The Kier molecular flexibility index (Phi) is 6.43. The van der Waals surface area contributed by atoms with E-state index in [-0.39, 0.29) is 17.9 Å². The number of piperidine rings is 1. The minimum Gasteiger partial charge on any atom is -0.383 e. The van der Waals surface area contributed by atoms with Crippen molar-refractivity contribution < 1.29 is 18.7 Å². The maximum Gasteiger partial charge on any atom is 0.256 e. The van der Waals surface area contributed by atoms with Crippen molar-refractivity contribution >= 4 is 29.2 Å². The number of anilines is 1. The largest absolute Gasteiger partial charge is 0.383 e. The summed E-state index contributed by atoms with van der Waals surface area (Å²) in [5.74, 6) is -0.805. The van der Waals surface area contributed by atoms with Crippen molar-refractivity contribution in [1.82, 2.24) is 15.2 Å². The number of rotatable bonds is 6. The molecule has 170 valence electrons. The van der Waals surface area contributed by atoms with Gasteiger partial charge in [-0.05, 0) is 56.5 Å². The molecule has 1 aromatic carbocycles. The lowest BCUT2D eigenvalue weighted by Gasteiger charge is -2.32. The topological polar surface area (TPSA) is 86.5 Å². The number of methoxy groups -OCH3 is 1. The van der Waals surface area contributed by atoms with Gasteiger partial charge < -0.3 is 25.3 Å². The molecule has 1 saturated heterocycles. The standard InChI is InChI=1S/C24H29FN4O3/c1-14-21(13-19-18-12-16(25)4-5-20(18)28-23(19)30)26-15(2)22(14)24(31)27-17-6-8-29(9-7-17)10-11-32-3/h4-5,12-13,17,26H,6-11H2,1-3H3,(H,27,31)(H,28,30). The maximum atomic E-state index is 13.7. The van der Waals surface area contributed by atoms with E-state index < -0.39 is 5.82 Å². The Bertz CT molecular complexity index is 1070. The lowest BCUT2D eigenvalue weighted by molar-refractivity contribution is -0.110. The van der Waals surface area contributed by atoms with Gasteiger partial charge in [0.05, 0.1) is 17.7 Å². The number of nitrogens with zero attached hydrogens (tertiary/aromatic N) is 1. The third-order valence-corrected chi connectivity index (χ3v) is 6.29. The molecule has 0 unspecified atom stereocenters. The van der Waals surface area contributed by atoms with Crippen LogP contribution in [0.5, 0.6) is 0 Å². The molecule has 32 heavy (non-hydrogen) atoms. The second kappa shape index (κ2) is 9.26. The molecule has 7 nitrogen and oxygen atoms in total. The van der Waals surface area contributed by atoms with Gasteiger partial charge in [0.2, 0.25) is 0 Å². The first-order valence-electron chi connectivity index (χ1n) is 10.9. The van der Waals surface area contributed by atoms with Crippen molar-refractivity contribution in [3.05, 3.63) is 52.1 Å². The first-order valence-corrected chi connectivity index (χ1v) is 10.9. The highest BCUT2D eigenvalue weighted by Gasteiger charge is 2.27. The van der Waals surface area contributed by atoms with Gasteiger partial charge in [-0.25, -0.2) is 4.39 Å². The van der Waals surface area contributed by atoms with Gasteiger partial charge in [-0.2, -0.15) is 0 Å². The van der Waals surface area contributed by atoms with Crippen LogP contribution in [0.2, 0.25) is 0 Å². The molecular formula is C24H29FN4O3. The molecule has 0 spiro atoms. The number of aromatic nitrogens is 1. The number of hydrogen-bond acceptors (Lipinski definition) is 4. The number of benzene rings is 1. The van der Waals surface area contributed by atoms with Gasteiger partial charge in [-0.3, -0.25) is 9.59 Å². The van der Waals surface area contributed by atoms with Gasteiger partial charge in [0.25, 0.3) is 11.8 Å². The zero-order chi connectivity index (χ0) is 22.8. The third-order valence-electron chi connectivity index (χ3n) is 6.29. The summed E-state index contributed by atoms with van der Waals surface area (Å²) >= 11 is 0. The van der Waals surface area contributed by atoms with Crippen LogP contribution in [0.3, 0.4) is 0 Å². The van der Waals surface area contributed by atoms with E-state index in [9.17, 15) is 14.0 Å². The Balaban J connectivity index is 1.49. The highest BCUT2D eigenvalue weighted by molar-refractivity contribution is 6.34. The summed E-state index contributed by atoms with van der Waals surface area (Å²) < 4.78 is 18.9. The summed E-state index contributed by atoms with van der Waals surface area (Å²) in [7, 11) is 1.70. The van der Waals surface area contributed by atoms with Crippen molar-refractivity contribution in [3.63, 3.8) is 0 Å². The highest BCUT2D eigenvalue weighted by atomic mass is 19.1. The minimum atomic E-state index is -0.404. The van der Waals surface area contributed by atoms with Crippen LogP contribution in [0.25, 0.3) is 11.6 Å². The van der Waals surface area contributed by atoms with E-state index in [0.29, 0.717) is 34.7 Å². The number of H-pyrrole nitrogens is 1. The molecule has 3 heterocycles. The maximum absolute atomic E-state index is 13.7. The number of carbonyl (C=O) groups is 2. The molecule has 0 atom stereocenters. The Hall–Kier alpha value is -2.97. The fraction of sp³-hybridized carbons (Fsp3) is 0.417. The summed E-state index contributed by atoms with van der Waals surface area (Å²) in [6.45, 7) is 7.19. The predicted octanol–water partition coefficient (Wildman–Crippen LogP) is 3.10. The summed E-state index contributed by atoms with van der Waals surface area (Å²) in [5, 5.41) is 5.92. The molecule has 2 aliphatic heterocycles. The Labute approximate surface area is 187 Å². The van der Waals surface area contributed by atoms with E-state index >= 15 is 0 Å². The molecule has 4 rings (SSSR count). The molecule has 0 radical (unpaired) electrons. The molecule has 2 aromatic rings. The fourth-order valence-corrected chi connectivity index (χ4v) is 4.49. The quantitative estimate of drug-likeness (QED) is 0.603. The van der Waals surface area contributed by atoms with Gasteiger partial charge in [0.1, 0.15) is 5.82 Å². The number of likely N-dealkylation sites (tertiary alicyclic amines) is 1. The highest BCUT2D eigenvalue weighted by Crippen LogP contribution is 2.34.